The van der Waals surface area contributed by atoms with Gasteiger partial charge in [-0.15, -0.1) is 0 Å². The second-order valence-corrected chi connectivity index (χ2v) is 3.93. The van der Waals surface area contributed by atoms with Crippen molar-refractivity contribution in [1.29, 1.82) is 0 Å². The van der Waals surface area contributed by atoms with Gasteiger partial charge in [0.15, 0.2) is 10.5 Å². The number of hydrogen-bond acceptors (Lipinski definition) is 5. The number of halogens is 1. The third-order valence-corrected chi connectivity index (χ3v) is 2.74. The number of amides is 1. The Labute approximate surface area is 109 Å². The van der Waals surface area contributed by atoms with E-state index in [1.54, 1.807) is 0 Å². The molecule has 2 heterocycles. The van der Waals surface area contributed by atoms with Crippen molar-refractivity contribution in [3.8, 4) is 0 Å². The number of amidine groups is 1. The first-order chi connectivity index (χ1) is 8.63. The van der Waals surface area contributed by atoms with Gasteiger partial charge in [-0.2, -0.15) is 5.10 Å². The molecule has 0 aliphatic heterocycles. The summed E-state index contributed by atoms with van der Waals surface area (Å²) in [4.78, 5) is 11.9. The van der Waals surface area contributed by atoms with Crippen LogP contribution < -0.4 is 11.1 Å². The topological polar surface area (TPSA) is 130 Å². The van der Waals surface area contributed by atoms with Gasteiger partial charge in [0, 0.05) is 0 Å². The molecule has 18 heavy (non-hydrogen) atoms. The molecule has 8 nitrogen and oxygen atoms in total. The largest absolute Gasteiger partial charge is 0.457 e. The molecule has 0 aliphatic carbocycles. The Bertz CT molecular complexity index is 603. The Hall–Kier alpha value is -2.29. The van der Waals surface area contributed by atoms with Gasteiger partial charge >= 0.3 is 0 Å². The number of aromatic amines is 1. The van der Waals surface area contributed by atoms with Crippen LogP contribution in [-0.4, -0.2) is 27.1 Å². The molecule has 0 fully saturated rings. The van der Waals surface area contributed by atoms with Gasteiger partial charge in [0.2, 0.25) is 0 Å². The standard InChI is InChI=1S/C9H8BrN5O3/c10-6-4(1-2-18-6)9(16)13-8-5(3-12-14-8)7(11)15-17/h1-3,17H,(H2,11,15)(H2,12,13,14,16). The Morgan fingerprint density at radius 1 is 1.61 bits per heavy atom. The van der Waals surface area contributed by atoms with E-state index in [1.165, 1.54) is 18.5 Å². The van der Waals surface area contributed by atoms with Crippen LogP contribution in [0.5, 0.6) is 0 Å². The van der Waals surface area contributed by atoms with Crippen LogP contribution in [0.4, 0.5) is 5.82 Å². The number of H-pyrrole nitrogens is 1. The van der Waals surface area contributed by atoms with Crippen molar-refractivity contribution in [1.82, 2.24) is 10.2 Å². The summed E-state index contributed by atoms with van der Waals surface area (Å²) in [6.07, 6.45) is 2.70. The second kappa shape index (κ2) is 4.92. The Kier molecular flexibility index (Phi) is 3.33. The predicted molar refractivity (Wildman–Crippen MR) is 65.5 cm³/mol. The van der Waals surface area contributed by atoms with Crippen LogP contribution in [0.1, 0.15) is 15.9 Å². The zero-order valence-electron chi connectivity index (χ0n) is 8.85. The molecule has 0 saturated carbocycles. The van der Waals surface area contributed by atoms with Crippen molar-refractivity contribution in [2.75, 3.05) is 5.32 Å². The van der Waals surface area contributed by atoms with Gasteiger partial charge in [0.1, 0.15) is 5.82 Å². The minimum absolute atomic E-state index is 0.162. The van der Waals surface area contributed by atoms with Gasteiger partial charge in [-0.1, -0.05) is 5.16 Å². The third-order valence-electron chi connectivity index (χ3n) is 2.12. The summed E-state index contributed by atoms with van der Waals surface area (Å²) in [5, 5.41) is 20.2. The average Bonchev–Trinajstić information content (AvgIpc) is 2.97. The minimum Gasteiger partial charge on any atom is -0.457 e. The zero-order valence-corrected chi connectivity index (χ0v) is 10.4. The molecule has 94 valence electrons. The van der Waals surface area contributed by atoms with Gasteiger partial charge in [0.25, 0.3) is 5.91 Å². The summed E-state index contributed by atoms with van der Waals surface area (Å²) in [5.41, 5.74) is 6.02. The summed E-state index contributed by atoms with van der Waals surface area (Å²) in [5.74, 6) is -0.361. The van der Waals surface area contributed by atoms with E-state index in [1.807, 2.05) is 0 Å². The number of carbonyl (C=O) groups is 1. The fourth-order valence-electron chi connectivity index (χ4n) is 1.27. The van der Waals surface area contributed by atoms with Crippen molar-refractivity contribution in [2.24, 2.45) is 10.9 Å². The maximum atomic E-state index is 11.9. The third kappa shape index (κ3) is 2.20. The Morgan fingerprint density at radius 3 is 3.00 bits per heavy atom. The first-order valence-corrected chi connectivity index (χ1v) is 5.48. The second-order valence-electron chi connectivity index (χ2n) is 3.21. The molecule has 0 aliphatic rings. The maximum absolute atomic E-state index is 11.9. The van der Waals surface area contributed by atoms with E-state index in [4.69, 9.17) is 15.4 Å². The molecule has 9 heteroatoms. The van der Waals surface area contributed by atoms with Crippen LogP contribution >= 0.6 is 15.9 Å². The van der Waals surface area contributed by atoms with Crippen molar-refractivity contribution < 1.29 is 14.4 Å². The van der Waals surface area contributed by atoms with E-state index >= 15 is 0 Å². The number of hydrogen-bond donors (Lipinski definition) is 4. The smallest absolute Gasteiger partial charge is 0.261 e. The Morgan fingerprint density at radius 2 is 2.39 bits per heavy atom. The highest BCUT2D eigenvalue weighted by Crippen LogP contribution is 2.19. The van der Waals surface area contributed by atoms with Gasteiger partial charge in [-0.25, -0.2) is 0 Å². The molecule has 2 aromatic heterocycles. The predicted octanol–water partition coefficient (Wildman–Crippen LogP) is 1.11. The van der Waals surface area contributed by atoms with E-state index in [-0.39, 0.29) is 17.2 Å². The number of carbonyl (C=O) groups excluding carboxylic acids is 1. The number of rotatable bonds is 3. The van der Waals surface area contributed by atoms with E-state index in [0.29, 0.717) is 10.2 Å². The summed E-state index contributed by atoms with van der Waals surface area (Å²) in [6.45, 7) is 0. The van der Waals surface area contributed by atoms with Crippen LogP contribution in [0, 0.1) is 0 Å². The van der Waals surface area contributed by atoms with Crippen molar-refractivity contribution in [3.05, 3.63) is 34.3 Å². The minimum atomic E-state index is -0.424. The quantitative estimate of drug-likeness (QED) is 0.292. The molecule has 0 saturated heterocycles. The molecule has 0 radical (unpaired) electrons. The molecule has 0 atom stereocenters. The highest BCUT2D eigenvalue weighted by atomic mass is 79.9. The maximum Gasteiger partial charge on any atom is 0.261 e. The zero-order chi connectivity index (χ0) is 13.1. The molecule has 2 aromatic rings. The molecule has 5 N–H and O–H groups in total. The number of anilines is 1. The van der Waals surface area contributed by atoms with Gasteiger partial charge in [-0.05, 0) is 22.0 Å². The molecular formula is C9H8BrN5O3. The van der Waals surface area contributed by atoms with E-state index in [2.05, 4.69) is 36.6 Å². The molecular weight excluding hydrogens is 306 g/mol. The van der Waals surface area contributed by atoms with E-state index in [0.717, 1.165) is 0 Å². The van der Waals surface area contributed by atoms with Crippen LogP contribution in [0.3, 0.4) is 0 Å². The summed E-state index contributed by atoms with van der Waals surface area (Å²) in [6, 6.07) is 1.50. The van der Waals surface area contributed by atoms with Crippen molar-refractivity contribution >= 4 is 33.5 Å². The lowest BCUT2D eigenvalue weighted by molar-refractivity contribution is 0.102. The fraction of sp³-hybridized carbons (Fsp3) is 0. The Balaban J connectivity index is 2.23. The summed E-state index contributed by atoms with van der Waals surface area (Å²) >= 11 is 3.09. The highest BCUT2D eigenvalue weighted by Gasteiger charge is 2.16. The van der Waals surface area contributed by atoms with Gasteiger partial charge < -0.3 is 20.7 Å². The first kappa shape index (κ1) is 12.2. The number of oxime groups is 1. The van der Waals surface area contributed by atoms with Gasteiger partial charge in [0.05, 0.1) is 23.6 Å². The number of nitrogens with one attached hydrogen (secondary N) is 2. The lowest BCUT2D eigenvalue weighted by Crippen LogP contribution is -2.18. The lowest BCUT2D eigenvalue weighted by Gasteiger charge is -2.03. The SMILES string of the molecule is N/C(=N/O)c1cn[nH]c1NC(=O)c1ccoc1Br. The lowest BCUT2D eigenvalue weighted by atomic mass is 10.3. The summed E-state index contributed by atoms with van der Waals surface area (Å²) < 4.78 is 5.26. The van der Waals surface area contributed by atoms with Crippen molar-refractivity contribution in [3.63, 3.8) is 0 Å². The average molecular weight is 314 g/mol. The van der Waals surface area contributed by atoms with Gasteiger partial charge in [-0.3, -0.25) is 9.89 Å². The van der Waals surface area contributed by atoms with E-state index < -0.39 is 5.91 Å². The number of nitrogens with two attached hydrogens (primary N) is 1. The van der Waals surface area contributed by atoms with E-state index in [9.17, 15) is 4.79 Å². The monoisotopic (exact) mass is 313 g/mol. The molecule has 2 rings (SSSR count). The van der Waals surface area contributed by atoms with Crippen LogP contribution in [-0.2, 0) is 0 Å². The van der Waals surface area contributed by atoms with Crippen LogP contribution in [0.15, 0.2) is 32.8 Å². The fourth-order valence-corrected chi connectivity index (χ4v) is 1.69. The number of nitrogens with zero attached hydrogens (tertiary/aromatic N) is 2. The molecule has 1 amide bonds. The van der Waals surface area contributed by atoms with Crippen LogP contribution in [0.25, 0.3) is 0 Å². The number of aromatic nitrogens is 2. The van der Waals surface area contributed by atoms with Crippen LogP contribution in [0.2, 0.25) is 0 Å². The molecule has 0 unspecified atom stereocenters. The molecule has 0 bridgehead atoms. The summed E-state index contributed by atoms with van der Waals surface area (Å²) in [7, 11) is 0. The molecule has 0 aromatic carbocycles. The number of furan rings is 1. The molecule has 0 spiro atoms. The highest BCUT2D eigenvalue weighted by molar-refractivity contribution is 9.10. The first-order valence-electron chi connectivity index (χ1n) is 4.69. The normalized spacial score (nSPS) is 11.5. The van der Waals surface area contributed by atoms with Crippen molar-refractivity contribution in [2.45, 2.75) is 0 Å².